The summed E-state index contributed by atoms with van der Waals surface area (Å²) in [6.45, 7) is 1.65. The summed E-state index contributed by atoms with van der Waals surface area (Å²) in [6, 6.07) is 8.92. The number of aryl methyl sites for hydroxylation is 2. The lowest BCUT2D eigenvalue weighted by molar-refractivity contribution is -0.124. The summed E-state index contributed by atoms with van der Waals surface area (Å²) in [7, 11) is 0. The molecule has 0 saturated heterocycles. The topological polar surface area (TPSA) is 98.8 Å². The molecule has 2 aromatic carbocycles. The number of ketones is 2. The summed E-state index contributed by atoms with van der Waals surface area (Å²) in [5.41, 5.74) is 3.74. The minimum atomic E-state index is -0.564. The van der Waals surface area contributed by atoms with Gasteiger partial charge in [-0.05, 0) is 66.0 Å². The molecule has 39 heavy (non-hydrogen) atoms. The maximum atomic E-state index is 15.0. The number of hydrogen-bond acceptors (Lipinski definition) is 7. The normalized spacial score (nSPS) is 16.8. The van der Waals surface area contributed by atoms with E-state index < -0.39 is 11.2 Å². The highest BCUT2D eigenvalue weighted by molar-refractivity contribution is 7.59. The van der Waals surface area contributed by atoms with Crippen molar-refractivity contribution in [3.8, 4) is 22.5 Å². The molecule has 10 heteroatoms. The smallest absolute Gasteiger partial charge is 0.223 e. The molecule has 0 aliphatic heterocycles. The Morgan fingerprint density at radius 3 is 2.62 bits per heavy atom. The molecule has 1 fully saturated rings. The third kappa shape index (κ3) is 5.25. The molecule has 2 aromatic heterocycles. The first-order valence-electron chi connectivity index (χ1n) is 12.6. The van der Waals surface area contributed by atoms with E-state index in [1.807, 2.05) is 18.2 Å². The van der Waals surface area contributed by atoms with Gasteiger partial charge in [0, 0.05) is 42.6 Å². The Kier molecular flexibility index (Phi) is 7.39. The maximum Gasteiger partial charge on any atom is 0.223 e. The second-order valence-electron chi connectivity index (χ2n) is 10.2. The summed E-state index contributed by atoms with van der Waals surface area (Å²) in [4.78, 5) is 38.1. The number of halogens is 2. The Morgan fingerprint density at radius 1 is 1.15 bits per heavy atom. The van der Waals surface area contributed by atoms with Gasteiger partial charge in [-0.3, -0.25) is 9.59 Å². The first kappa shape index (κ1) is 27.1. The van der Waals surface area contributed by atoms with Gasteiger partial charge in [-0.1, -0.05) is 35.0 Å². The van der Waals surface area contributed by atoms with E-state index in [-0.39, 0.29) is 53.8 Å². The summed E-state index contributed by atoms with van der Waals surface area (Å²) in [5, 5.41) is 4.19. The zero-order valence-electron chi connectivity index (χ0n) is 21.2. The van der Waals surface area contributed by atoms with E-state index in [9.17, 15) is 9.59 Å². The Hall–Kier alpha value is -3.43. The van der Waals surface area contributed by atoms with Gasteiger partial charge in [-0.15, -0.1) is 0 Å². The van der Waals surface area contributed by atoms with E-state index in [1.54, 1.807) is 13.0 Å². The van der Waals surface area contributed by atoms with Crippen LogP contribution in [-0.2, 0) is 11.2 Å². The fourth-order valence-electron chi connectivity index (χ4n) is 5.51. The van der Waals surface area contributed by atoms with Gasteiger partial charge in [0.1, 0.15) is 17.9 Å². The van der Waals surface area contributed by atoms with Crippen LogP contribution in [0.2, 0.25) is 5.02 Å². The molecule has 2 aliphatic rings. The summed E-state index contributed by atoms with van der Waals surface area (Å²) in [6.07, 6.45) is 8.13. The lowest BCUT2D eigenvalue weighted by atomic mass is 9.85. The summed E-state index contributed by atoms with van der Waals surface area (Å²) >= 11 is 6.21. The molecule has 4 aromatic rings. The van der Waals surface area contributed by atoms with Crippen molar-refractivity contribution < 1.29 is 18.5 Å². The fourth-order valence-corrected chi connectivity index (χ4v) is 5.72. The van der Waals surface area contributed by atoms with Gasteiger partial charge < -0.3 is 4.52 Å². The van der Waals surface area contributed by atoms with Crippen molar-refractivity contribution in [3.05, 3.63) is 82.5 Å². The molecule has 0 spiro atoms. The van der Waals surface area contributed by atoms with Crippen molar-refractivity contribution >= 4 is 36.7 Å². The van der Waals surface area contributed by atoms with Gasteiger partial charge >= 0.3 is 0 Å². The van der Waals surface area contributed by atoms with E-state index in [1.165, 1.54) is 24.8 Å². The van der Waals surface area contributed by atoms with Crippen LogP contribution in [0.5, 0.6) is 0 Å². The van der Waals surface area contributed by atoms with Crippen molar-refractivity contribution in [3.63, 3.8) is 0 Å². The number of aromatic nitrogens is 4. The lowest BCUT2D eigenvalue weighted by Crippen LogP contribution is -2.22. The zero-order chi connectivity index (χ0) is 26.4. The predicted molar refractivity (Wildman–Crippen MR) is 149 cm³/mol. The third-order valence-corrected chi connectivity index (χ3v) is 7.94. The highest BCUT2D eigenvalue weighted by atomic mass is 35.5. The SMILES string of the molecule is Cc1nc(-c2c(F)cc(Cl)cc2-c2ccc3c(c2)CC[C@@H]3CC(=O)C2(CC(=O)c3cncnc3)CC2)no1.S. The number of fused-ring (bicyclic) bond motifs is 1. The minimum absolute atomic E-state index is 0. The highest BCUT2D eigenvalue weighted by Crippen LogP contribution is 2.53. The highest BCUT2D eigenvalue weighted by Gasteiger charge is 2.51. The molecule has 2 aliphatic carbocycles. The molecule has 6 rings (SSSR count). The van der Waals surface area contributed by atoms with Crippen LogP contribution >= 0.6 is 25.1 Å². The average Bonchev–Trinajstić information content (AvgIpc) is 3.40. The number of rotatable bonds is 8. The van der Waals surface area contributed by atoms with Crippen molar-refractivity contribution in [2.24, 2.45) is 5.41 Å². The zero-order valence-corrected chi connectivity index (χ0v) is 23.0. The second-order valence-corrected chi connectivity index (χ2v) is 10.7. The molecule has 2 heterocycles. The van der Waals surface area contributed by atoms with Gasteiger partial charge in [0.15, 0.2) is 5.78 Å². The molecule has 0 radical (unpaired) electrons. The Labute approximate surface area is 236 Å². The van der Waals surface area contributed by atoms with Crippen LogP contribution in [0.3, 0.4) is 0 Å². The number of benzene rings is 2. The van der Waals surface area contributed by atoms with E-state index in [4.69, 9.17) is 16.1 Å². The van der Waals surface area contributed by atoms with Gasteiger partial charge in [0.2, 0.25) is 11.7 Å². The van der Waals surface area contributed by atoms with Gasteiger partial charge in [0.05, 0.1) is 11.1 Å². The van der Waals surface area contributed by atoms with Gasteiger partial charge in [-0.25, -0.2) is 14.4 Å². The second kappa shape index (κ2) is 10.6. The van der Waals surface area contributed by atoms with Crippen LogP contribution in [-0.4, -0.2) is 31.7 Å². The predicted octanol–water partition coefficient (Wildman–Crippen LogP) is 6.45. The Bertz CT molecular complexity index is 1570. The molecule has 0 bridgehead atoms. The van der Waals surface area contributed by atoms with E-state index in [0.717, 1.165) is 42.4 Å². The van der Waals surface area contributed by atoms with Gasteiger partial charge in [-0.2, -0.15) is 18.5 Å². The number of carbonyl (C=O) groups is 2. The lowest BCUT2D eigenvalue weighted by Gasteiger charge is -2.17. The van der Waals surface area contributed by atoms with E-state index in [2.05, 4.69) is 20.1 Å². The molecule has 1 atom stereocenters. The molecular formula is C29H26ClFN4O3S. The molecular weight excluding hydrogens is 539 g/mol. The maximum absolute atomic E-state index is 15.0. The third-order valence-electron chi connectivity index (χ3n) is 7.72. The number of carbonyl (C=O) groups excluding carboxylic acids is 2. The molecule has 0 amide bonds. The van der Waals surface area contributed by atoms with Crippen molar-refractivity contribution in [1.29, 1.82) is 0 Å². The van der Waals surface area contributed by atoms with Crippen LogP contribution in [0.1, 0.15) is 65.4 Å². The quantitative estimate of drug-likeness (QED) is 0.227. The van der Waals surface area contributed by atoms with Crippen LogP contribution in [0.15, 0.2) is 53.6 Å². The number of nitrogens with zero attached hydrogens (tertiary/aromatic N) is 4. The van der Waals surface area contributed by atoms with Crippen molar-refractivity contribution in [2.45, 2.75) is 51.4 Å². The van der Waals surface area contributed by atoms with Crippen LogP contribution in [0, 0.1) is 18.2 Å². The summed E-state index contributed by atoms with van der Waals surface area (Å²) < 4.78 is 20.1. The first-order chi connectivity index (χ1) is 18.3. The molecule has 7 nitrogen and oxygen atoms in total. The Balaban J connectivity index is 0.00000308. The molecule has 0 N–H and O–H groups in total. The van der Waals surface area contributed by atoms with Gasteiger partial charge in [0.25, 0.3) is 0 Å². The van der Waals surface area contributed by atoms with Crippen molar-refractivity contribution in [2.75, 3.05) is 0 Å². The van der Waals surface area contributed by atoms with Crippen molar-refractivity contribution in [1.82, 2.24) is 20.1 Å². The molecule has 200 valence electrons. The molecule has 1 saturated carbocycles. The largest absolute Gasteiger partial charge is 0.339 e. The fraction of sp³-hybridized carbons (Fsp3) is 0.310. The monoisotopic (exact) mass is 564 g/mol. The minimum Gasteiger partial charge on any atom is -0.339 e. The van der Waals surface area contributed by atoms with Crippen LogP contribution < -0.4 is 0 Å². The molecule has 0 unspecified atom stereocenters. The van der Waals surface area contributed by atoms with Crippen LogP contribution in [0.25, 0.3) is 22.5 Å². The number of hydrogen-bond donors (Lipinski definition) is 0. The number of Topliss-reactive ketones (excluding diaryl/α,β-unsaturated/α-hetero) is 2. The standard InChI is InChI=1S/C29H24ClFN4O3.H2S/c1-16-34-28(35-38-16)27-23(10-21(30)11-24(27)31)18-4-5-22-17(8-18)2-3-19(22)9-26(37)29(6-7-29)12-25(36)20-13-32-15-33-14-20;/h4-5,8,10-11,13-15,19H,2-3,6-7,9,12H2,1H3;1H2/t19-;/m1./s1. The van der Waals surface area contributed by atoms with E-state index >= 15 is 4.39 Å². The first-order valence-corrected chi connectivity index (χ1v) is 13.0. The van der Waals surface area contributed by atoms with E-state index in [0.29, 0.717) is 23.4 Å². The average molecular weight is 565 g/mol. The summed E-state index contributed by atoms with van der Waals surface area (Å²) in [5.74, 6) is 0.139. The van der Waals surface area contributed by atoms with Crippen LogP contribution in [0.4, 0.5) is 4.39 Å². The Morgan fingerprint density at radius 2 is 1.92 bits per heavy atom.